The van der Waals surface area contributed by atoms with E-state index in [9.17, 15) is 21.2 Å². The van der Waals surface area contributed by atoms with Crippen LogP contribution in [0.3, 0.4) is 0 Å². The molecule has 1 heterocycles. The SMILES string of the molecule is COc1ccc(OCCNC2CS(=O)(=O)CC2S(=O)(=O)c2ccc(F)c(C)c2)cc1. The van der Waals surface area contributed by atoms with Crippen LogP contribution in [-0.2, 0) is 19.7 Å². The summed E-state index contributed by atoms with van der Waals surface area (Å²) in [4.78, 5) is -0.0789. The van der Waals surface area contributed by atoms with Crippen molar-refractivity contribution < 1.29 is 30.7 Å². The van der Waals surface area contributed by atoms with Crippen LogP contribution >= 0.6 is 0 Å². The molecular formula is C20H24FNO6S2. The second-order valence-electron chi connectivity index (χ2n) is 7.16. The van der Waals surface area contributed by atoms with Crippen LogP contribution in [0.25, 0.3) is 0 Å². The number of benzene rings is 2. The zero-order chi connectivity index (χ0) is 21.9. The van der Waals surface area contributed by atoms with E-state index in [0.717, 1.165) is 6.07 Å². The molecule has 3 rings (SSSR count). The van der Waals surface area contributed by atoms with Crippen LogP contribution in [0.5, 0.6) is 11.5 Å². The first-order valence-electron chi connectivity index (χ1n) is 9.33. The highest BCUT2D eigenvalue weighted by Gasteiger charge is 2.45. The lowest BCUT2D eigenvalue weighted by Crippen LogP contribution is -2.44. The number of sulfone groups is 2. The first-order chi connectivity index (χ1) is 14.1. The molecule has 1 fully saturated rings. The fraction of sp³-hybridized carbons (Fsp3) is 0.400. The molecule has 7 nitrogen and oxygen atoms in total. The minimum Gasteiger partial charge on any atom is -0.497 e. The largest absolute Gasteiger partial charge is 0.497 e. The number of hydrogen-bond donors (Lipinski definition) is 1. The number of hydrogen-bond acceptors (Lipinski definition) is 7. The number of methoxy groups -OCH3 is 1. The lowest BCUT2D eigenvalue weighted by atomic mass is 10.2. The number of rotatable bonds is 8. The molecule has 0 bridgehead atoms. The molecule has 2 aromatic carbocycles. The summed E-state index contributed by atoms with van der Waals surface area (Å²) < 4.78 is 74.6. The van der Waals surface area contributed by atoms with Crippen LogP contribution in [0.15, 0.2) is 47.4 Å². The second kappa shape index (κ2) is 8.91. The highest BCUT2D eigenvalue weighted by molar-refractivity contribution is 7.96. The molecule has 1 aliphatic rings. The monoisotopic (exact) mass is 457 g/mol. The van der Waals surface area contributed by atoms with Crippen LogP contribution in [0.1, 0.15) is 5.56 Å². The molecule has 2 aromatic rings. The molecule has 1 saturated heterocycles. The maximum atomic E-state index is 13.5. The van der Waals surface area contributed by atoms with Gasteiger partial charge >= 0.3 is 0 Å². The summed E-state index contributed by atoms with van der Waals surface area (Å²) >= 11 is 0. The molecule has 0 spiro atoms. The molecule has 0 aliphatic carbocycles. The Bertz CT molecular complexity index is 1100. The van der Waals surface area contributed by atoms with Gasteiger partial charge in [0.25, 0.3) is 0 Å². The van der Waals surface area contributed by atoms with Crippen molar-refractivity contribution in [1.82, 2.24) is 5.32 Å². The van der Waals surface area contributed by atoms with Gasteiger partial charge < -0.3 is 14.8 Å². The van der Waals surface area contributed by atoms with Crippen LogP contribution < -0.4 is 14.8 Å². The minimum atomic E-state index is -3.96. The van der Waals surface area contributed by atoms with Crippen molar-refractivity contribution >= 4 is 19.7 Å². The summed E-state index contributed by atoms with van der Waals surface area (Å²) in [6.07, 6.45) is 0. The average molecular weight is 458 g/mol. The molecule has 0 saturated carbocycles. The molecule has 1 N–H and O–H groups in total. The van der Waals surface area contributed by atoms with E-state index in [4.69, 9.17) is 9.47 Å². The Labute approximate surface area is 176 Å². The molecule has 0 radical (unpaired) electrons. The van der Waals surface area contributed by atoms with Gasteiger partial charge in [0.2, 0.25) is 0 Å². The van der Waals surface area contributed by atoms with Crippen LogP contribution in [0.4, 0.5) is 4.39 Å². The lowest BCUT2D eigenvalue weighted by molar-refractivity contribution is 0.307. The summed E-state index contributed by atoms with van der Waals surface area (Å²) in [7, 11) is -5.92. The topological polar surface area (TPSA) is 98.8 Å². The van der Waals surface area contributed by atoms with Gasteiger partial charge in [-0.3, -0.25) is 0 Å². The van der Waals surface area contributed by atoms with Gasteiger partial charge in [-0.2, -0.15) is 0 Å². The number of ether oxygens (including phenoxy) is 2. The Morgan fingerprint density at radius 3 is 2.40 bits per heavy atom. The van der Waals surface area contributed by atoms with Gasteiger partial charge in [0.15, 0.2) is 19.7 Å². The molecule has 0 aromatic heterocycles. The third-order valence-electron chi connectivity index (χ3n) is 4.99. The van der Waals surface area contributed by atoms with E-state index in [1.54, 1.807) is 31.4 Å². The van der Waals surface area contributed by atoms with Crippen molar-refractivity contribution in [2.75, 3.05) is 31.8 Å². The normalized spacial score (nSPS) is 20.8. The summed E-state index contributed by atoms with van der Waals surface area (Å²) in [5.41, 5.74) is 0.189. The van der Waals surface area contributed by atoms with Crippen molar-refractivity contribution in [3.05, 3.63) is 53.8 Å². The molecule has 2 atom stereocenters. The zero-order valence-electron chi connectivity index (χ0n) is 16.7. The van der Waals surface area contributed by atoms with Gasteiger partial charge in [-0.25, -0.2) is 21.2 Å². The summed E-state index contributed by atoms with van der Waals surface area (Å²) in [5.74, 6) is 0.0456. The maximum absolute atomic E-state index is 13.5. The highest BCUT2D eigenvalue weighted by Crippen LogP contribution is 2.27. The van der Waals surface area contributed by atoms with E-state index in [0.29, 0.717) is 11.5 Å². The highest BCUT2D eigenvalue weighted by atomic mass is 32.2. The van der Waals surface area contributed by atoms with Gasteiger partial charge in [0.05, 0.1) is 28.8 Å². The van der Waals surface area contributed by atoms with Crippen molar-refractivity contribution in [1.29, 1.82) is 0 Å². The van der Waals surface area contributed by atoms with Gasteiger partial charge in [0, 0.05) is 12.6 Å². The minimum absolute atomic E-state index is 0.0789. The summed E-state index contributed by atoms with van der Waals surface area (Å²) in [5, 5.41) is 1.85. The van der Waals surface area contributed by atoms with Gasteiger partial charge in [0.1, 0.15) is 23.9 Å². The van der Waals surface area contributed by atoms with Crippen LogP contribution in [0.2, 0.25) is 0 Å². The first kappa shape index (κ1) is 22.5. The predicted molar refractivity (Wildman–Crippen MR) is 111 cm³/mol. The number of aryl methyl sites for hydroxylation is 1. The van der Waals surface area contributed by atoms with Gasteiger partial charge in [-0.15, -0.1) is 0 Å². The van der Waals surface area contributed by atoms with Crippen molar-refractivity contribution in [3.63, 3.8) is 0 Å². The fourth-order valence-corrected chi connectivity index (χ4v) is 8.17. The van der Waals surface area contributed by atoms with E-state index < -0.39 is 42.5 Å². The molecule has 164 valence electrons. The standard InChI is InChI=1S/C20H24FNO6S2/c1-14-11-17(7-8-18(14)21)30(25,26)20-13-29(23,24)12-19(20)22-9-10-28-16-5-3-15(27-2)4-6-16/h3-8,11,19-20,22H,9-10,12-13H2,1-2H3. The van der Waals surface area contributed by atoms with E-state index in [1.165, 1.54) is 19.1 Å². The Morgan fingerprint density at radius 1 is 1.10 bits per heavy atom. The Kier molecular flexibility index (Phi) is 6.68. The van der Waals surface area contributed by atoms with Crippen LogP contribution in [0, 0.1) is 12.7 Å². The molecule has 2 unspecified atom stereocenters. The summed E-state index contributed by atoms with van der Waals surface area (Å²) in [6.45, 7) is 1.96. The molecule has 30 heavy (non-hydrogen) atoms. The summed E-state index contributed by atoms with van der Waals surface area (Å²) in [6, 6.07) is 9.69. The lowest BCUT2D eigenvalue weighted by Gasteiger charge is -2.20. The van der Waals surface area contributed by atoms with E-state index in [-0.39, 0.29) is 29.4 Å². The Morgan fingerprint density at radius 2 is 1.77 bits per heavy atom. The Hall–Kier alpha value is -2.17. The van der Waals surface area contributed by atoms with Gasteiger partial charge in [-0.1, -0.05) is 0 Å². The molecular weight excluding hydrogens is 433 g/mol. The fourth-order valence-electron chi connectivity index (χ4n) is 3.37. The maximum Gasteiger partial charge on any atom is 0.183 e. The quantitative estimate of drug-likeness (QED) is 0.476. The predicted octanol–water partition coefficient (Wildman–Crippen LogP) is 1.75. The van der Waals surface area contributed by atoms with Gasteiger partial charge in [-0.05, 0) is 55.0 Å². The smallest absolute Gasteiger partial charge is 0.183 e. The average Bonchev–Trinajstić information content (AvgIpc) is 3.03. The number of halogens is 1. The van der Waals surface area contributed by atoms with Crippen LogP contribution in [-0.4, -0.2) is 59.9 Å². The van der Waals surface area contributed by atoms with Crippen molar-refractivity contribution in [2.24, 2.45) is 0 Å². The second-order valence-corrected chi connectivity index (χ2v) is 11.5. The zero-order valence-corrected chi connectivity index (χ0v) is 18.3. The van der Waals surface area contributed by atoms with E-state index >= 15 is 0 Å². The third-order valence-corrected chi connectivity index (χ3v) is 9.14. The number of nitrogens with one attached hydrogen (secondary N) is 1. The van der Waals surface area contributed by atoms with Crippen molar-refractivity contribution in [2.45, 2.75) is 23.1 Å². The molecule has 1 aliphatic heterocycles. The molecule has 10 heteroatoms. The first-order valence-corrected chi connectivity index (χ1v) is 12.7. The van der Waals surface area contributed by atoms with Crippen molar-refractivity contribution in [3.8, 4) is 11.5 Å². The van der Waals surface area contributed by atoms with E-state index in [2.05, 4.69) is 5.32 Å². The Balaban J connectivity index is 1.67. The van der Waals surface area contributed by atoms with E-state index in [1.807, 2.05) is 0 Å². The molecule has 0 amide bonds. The third kappa shape index (κ3) is 5.11.